The molecule has 2 aromatic heterocycles. The standard InChI is InChI=1S/C46H30N4O2/c51-45-39-15-7-9-17-41(39)47-43(49(45)37-11-3-1-4-12-37)35-27-23-33(24-28-35)31-19-21-32(22-20-31)34-25-29-36(30-26-34)44-48-42-18-10-8-16-40(42)46(52)50(44)38-13-5-2-6-14-38/h1-30H. The van der Waals surface area contributed by atoms with Gasteiger partial charge in [0, 0.05) is 11.1 Å². The molecule has 0 aliphatic heterocycles. The van der Waals surface area contributed by atoms with Gasteiger partial charge < -0.3 is 0 Å². The van der Waals surface area contributed by atoms with Crippen molar-refractivity contribution in [2.24, 2.45) is 0 Å². The molecular weight excluding hydrogens is 641 g/mol. The molecule has 0 aliphatic carbocycles. The van der Waals surface area contributed by atoms with Crippen LogP contribution in [0.2, 0.25) is 0 Å². The molecule has 6 heteroatoms. The zero-order chi connectivity index (χ0) is 35.0. The van der Waals surface area contributed by atoms with E-state index in [4.69, 9.17) is 9.97 Å². The highest BCUT2D eigenvalue weighted by molar-refractivity contribution is 5.82. The molecule has 9 rings (SSSR count). The summed E-state index contributed by atoms with van der Waals surface area (Å²) in [4.78, 5) is 37.3. The van der Waals surface area contributed by atoms with Crippen molar-refractivity contribution in [2.45, 2.75) is 0 Å². The minimum atomic E-state index is -0.0985. The minimum Gasteiger partial charge on any atom is -0.268 e. The van der Waals surface area contributed by atoms with Gasteiger partial charge in [-0.25, -0.2) is 9.97 Å². The van der Waals surface area contributed by atoms with Crippen LogP contribution in [0.5, 0.6) is 0 Å². The third-order valence-corrected chi connectivity index (χ3v) is 9.42. The number of rotatable bonds is 6. The van der Waals surface area contributed by atoms with Gasteiger partial charge in [0.2, 0.25) is 0 Å². The molecule has 0 bridgehead atoms. The van der Waals surface area contributed by atoms with E-state index in [1.54, 1.807) is 9.13 Å². The molecule has 0 unspecified atom stereocenters. The van der Waals surface area contributed by atoms with E-state index in [0.717, 1.165) is 44.8 Å². The summed E-state index contributed by atoms with van der Waals surface area (Å²) in [5, 5.41) is 1.17. The Hall–Kier alpha value is -7.18. The summed E-state index contributed by atoms with van der Waals surface area (Å²) in [7, 11) is 0. The number of hydrogen-bond acceptors (Lipinski definition) is 4. The van der Waals surface area contributed by atoms with Crippen LogP contribution < -0.4 is 11.1 Å². The van der Waals surface area contributed by atoms with Crippen molar-refractivity contribution in [1.29, 1.82) is 0 Å². The Morgan fingerprint density at radius 3 is 0.942 bits per heavy atom. The van der Waals surface area contributed by atoms with Crippen LogP contribution in [0.4, 0.5) is 0 Å². The van der Waals surface area contributed by atoms with Gasteiger partial charge in [-0.2, -0.15) is 0 Å². The molecule has 0 aliphatic rings. The maximum absolute atomic E-state index is 13.7. The first-order valence-electron chi connectivity index (χ1n) is 17.1. The summed E-state index contributed by atoms with van der Waals surface area (Å²) in [6.07, 6.45) is 0. The van der Waals surface area contributed by atoms with Crippen LogP contribution in [-0.2, 0) is 0 Å². The Morgan fingerprint density at radius 1 is 0.308 bits per heavy atom. The molecule has 52 heavy (non-hydrogen) atoms. The fourth-order valence-electron chi connectivity index (χ4n) is 6.76. The van der Waals surface area contributed by atoms with E-state index in [2.05, 4.69) is 48.5 Å². The lowest BCUT2D eigenvalue weighted by Gasteiger charge is -2.14. The predicted molar refractivity (Wildman–Crippen MR) is 210 cm³/mol. The first kappa shape index (κ1) is 30.8. The van der Waals surface area contributed by atoms with Gasteiger partial charge in [-0.05, 0) is 70.8 Å². The van der Waals surface area contributed by atoms with E-state index in [1.165, 1.54) is 0 Å². The molecule has 0 spiro atoms. The summed E-state index contributed by atoms with van der Waals surface area (Å²) in [6.45, 7) is 0. The lowest BCUT2D eigenvalue weighted by atomic mass is 9.98. The SMILES string of the molecule is O=c1c2ccccc2nc(-c2ccc(-c3ccc(-c4ccc(-c5nc6ccccc6c(=O)n5-c5ccccc5)cc4)cc3)cc2)n1-c1ccccc1. The van der Waals surface area contributed by atoms with Gasteiger partial charge in [0.15, 0.2) is 0 Å². The van der Waals surface area contributed by atoms with Crippen LogP contribution in [0.25, 0.3) is 78.2 Å². The number of hydrogen-bond donors (Lipinski definition) is 0. The van der Waals surface area contributed by atoms with Crippen LogP contribution in [-0.4, -0.2) is 19.1 Å². The zero-order valence-electron chi connectivity index (χ0n) is 27.9. The Morgan fingerprint density at radius 2 is 0.596 bits per heavy atom. The van der Waals surface area contributed by atoms with E-state index >= 15 is 0 Å². The van der Waals surface area contributed by atoms with Crippen LogP contribution in [0.15, 0.2) is 192 Å². The molecular formula is C46H30N4O2. The third-order valence-electron chi connectivity index (χ3n) is 9.42. The molecule has 6 nitrogen and oxygen atoms in total. The van der Waals surface area contributed by atoms with Gasteiger partial charge in [0.25, 0.3) is 11.1 Å². The van der Waals surface area contributed by atoms with Crippen molar-refractivity contribution in [2.75, 3.05) is 0 Å². The molecule has 0 N–H and O–H groups in total. The van der Waals surface area contributed by atoms with Gasteiger partial charge in [-0.1, -0.05) is 133 Å². The number of fused-ring (bicyclic) bond motifs is 2. The Kier molecular flexibility index (Phi) is 7.67. The fraction of sp³-hybridized carbons (Fsp3) is 0. The molecule has 0 saturated carbocycles. The molecule has 0 saturated heterocycles. The van der Waals surface area contributed by atoms with Crippen LogP contribution in [0.1, 0.15) is 0 Å². The molecule has 7 aromatic carbocycles. The average molecular weight is 671 g/mol. The second kappa shape index (κ2) is 12.9. The number of aromatic nitrogens is 4. The highest BCUT2D eigenvalue weighted by atomic mass is 16.1. The first-order valence-corrected chi connectivity index (χ1v) is 17.1. The van der Waals surface area contributed by atoms with E-state index in [1.807, 2.05) is 133 Å². The predicted octanol–water partition coefficient (Wildman–Crippen LogP) is 9.75. The molecule has 0 fully saturated rings. The molecule has 0 amide bonds. The highest BCUT2D eigenvalue weighted by Crippen LogP contribution is 2.30. The minimum absolute atomic E-state index is 0.0985. The van der Waals surface area contributed by atoms with Crippen molar-refractivity contribution in [3.63, 3.8) is 0 Å². The lowest BCUT2D eigenvalue weighted by Crippen LogP contribution is -2.21. The molecule has 246 valence electrons. The van der Waals surface area contributed by atoms with Gasteiger partial charge in [0.05, 0.1) is 33.2 Å². The topological polar surface area (TPSA) is 69.8 Å². The van der Waals surface area contributed by atoms with E-state index in [-0.39, 0.29) is 11.1 Å². The number of benzene rings is 7. The van der Waals surface area contributed by atoms with Crippen molar-refractivity contribution in [3.8, 4) is 56.4 Å². The first-order chi connectivity index (χ1) is 25.6. The highest BCUT2D eigenvalue weighted by Gasteiger charge is 2.16. The quantitative estimate of drug-likeness (QED) is 0.177. The Labute approximate surface area is 299 Å². The fourth-order valence-corrected chi connectivity index (χ4v) is 6.76. The van der Waals surface area contributed by atoms with E-state index in [9.17, 15) is 9.59 Å². The Bertz CT molecular complexity index is 2650. The molecule has 0 radical (unpaired) electrons. The maximum atomic E-state index is 13.7. The van der Waals surface area contributed by atoms with Crippen LogP contribution >= 0.6 is 0 Å². The zero-order valence-corrected chi connectivity index (χ0v) is 27.9. The van der Waals surface area contributed by atoms with Gasteiger partial charge in [0.1, 0.15) is 11.6 Å². The Balaban J connectivity index is 1.02. The normalized spacial score (nSPS) is 11.2. The van der Waals surface area contributed by atoms with E-state index < -0.39 is 0 Å². The lowest BCUT2D eigenvalue weighted by molar-refractivity contribution is 0.976. The van der Waals surface area contributed by atoms with Gasteiger partial charge in [-0.3, -0.25) is 18.7 Å². The smallest absolute Gasteiger partial charge is 0.266 e. The number of nitrogens with zero attached hydrogens (tertiary/aromatic N) is 4. The van der Waals surface area contributed by atoms with Crippen molar-refractivity contribution < 1.29 is 0 Å². The molecule has 9 aromatic rings. The van der Waals surface area contributed by atoms with Crippen molar-refractivity contribution >= 4 is 21.8 Å². The maximum Gasteiger partial charge on any atom is 0.266 e. The average Bonchev–Trinajstić information content (AvgIpc) is 3.22. The monoisotopic (exact) mass is 670 g/mol. The summed E-state index contributed by atoms with van der Waals surface area (Å²) in [5.74, 6) is 1.19. The molecule has 0 atom stereocenters. The largest absolute Gasteiger partial charge is 0.268 e. The summed E-state index contributed by atoms with van der Waals surface area (Å²) in [5.41, 5.74) is 8.65. The molecule has 2 heterocycles. The van der Waals surface area contributed by atoms with Crippen molar-refractivity contribution in [1.82, 2.24) is 19.1 Å². The summed E-state index contributed by atoms with van der Waals surface area (Å²) in [6, 6.07) is 59.0. The third kappa shape index (κ3) is 5.49. The van der Waals surface area contributed by atoms with Crippen LogP contribution in [0.3, 0.4) is 0 Å². The van der Waals surface area contributed by atoms with Crippen molar-refractivity contribution in [3.05, 3.63) is 203 Å². The summed E-state index contributed by atoms with van der Waals surface area (Å²) >= 11 is 0. The van der Waals surface area contributed by atoms with E-state index in [0.29, 0.717) is 33.5 Å². The number of para-hydroxylation sites is 4. The summed E-state index contributed by atoms with van der Waals surface area (Å²) < 4.78 is 3.38. The van der Waals surface area contributed by atoms with Crippen LogP contribution in [0, 0.1) is 0 Å². The second-order valence-corrected chi connectivity index (χ2v) is 12.6. The van der Waals surface area contributed by atoms with Gasteiger partial charge in [-0.15, -0.1) is 0 Å². The van der Waals surface area contributed by atoms with Gasteiger partial charge >= 0.3 is 0 Å². The second-order valence-electron chi connectivity index (χ2n) is 12.6.